The number of nitrogens with one attached hydrogen (secondary N) is 1. The Morgan fingerprint density at radius 1 is 0.846 bits per heavy atom. The van der Waals surface area contributed by atoms with E-state index < -0.39 is 0 Å². The topological polar surface area (TPSA) is 59.8 Å². The van der Waals surface area contributed by atoms with E-state index in [9.17, 15) is 4.79 Å². The van der Waals surface area contributed by atoms with Gasteiger partial charge in [0.15, 0.2) is 0 Å². The van der Waals surface area contributed by atoms with E-state index in [1.54, 1.807) is 4.80 Å². The highest BCUT2D eigenvalue weighted by Crippen LogP contribution is 2.23. The minimum atomic E-state index is -0.124. The molecule has 26 heavy (non-hydrogen) atoms. The normalized spacial score (nSPS) is 10.8. The number of anilines is 1. The first kappa shape index (κ1) is 16.0. The number of rotatable bonds is 3. The number of aromatic nitrogens is 3. The third-order valence-corrected chi connectivity index (χ3v) is 4.35. The largest absolute Gasteiger partial charge is 0.322 e. The van der Waals surface area contributed by atoms with E-state index in [1.807, 2.05) is 80.6 Å². The highest BCUT2D eigenvalue weighted by molar-refractivity contribution is 6.06. The van der Waals surface area contributed by atoms with Crippen LogP contribution in [0.5, 0.6) is 0 Å². The Morgan fingerprint density at radius 3 is 2.23 bits per heavy atom. The molecule has 4 aromatic rings. The molecule has 0 aliphatic carbocycles. The standard InChI is InChI=1S/C21H18N4O/c1-14-8-6-7-11-17(14)21(26)22-18-13-20-19(12-15(18)2)23-25(24-20)16-9-4-3-5-10-16/h3-13H,1-2H3,(H,22,26). The Morgan fingerprint density at radius 2 is 1.50 bits per heavy atom. The van der Waals surface area contributed by atoms with Gasteiger partial charge in [-0.05, 0) is 55.3 Å². The zero-order valence-corrected chi connectivity index (χ0v) is 14.6. The lowest BCUT2D eigenvalue weighted by molar-refractivity contribution is 0.102. The van der Waals surface area contributed by atoms with Crippen LogP contribution in [0.3, 0.4) is 0 Å². The summed E-state index contributed by atoms with van der Waals surface area (Å²) in [4.78, 5) is 14.2. The van der Waals surface area contributed by atoms with Crippen molar-refractivity contribution >= 4 is 22.6 Å². The van der Waals surface area contributed by atoms with Crippen molar-refractivity contribution in [3.63, 3.8) is 0 Å². The Hall–Kier alpha value is -3.47. The Bertz CT molecular complexity index is 1100. The minimum absolute atomic E-state index is 0.124. The van der Waals surface area contributed by atoms with Gasteiger partial charge in [-0.1, -0.05) is 36.4 Å². The molecular formula is C21H18N4O. The van der Waals surface area contributed by atoms with Crippen LogP contribution < -0.4 is 5.32 Å². The molecule has 3 aromatic carbocycles. The first-order chi connectivity index (χ1) is 12.6. The Balaban J connectivity index is 1.69. The van der Waals surface area contributed by atoms with Crippen molar-refractivity contribution in [2.24, 2.45) is 0 Å². The van der Waals surface area contributed by atoms with Gasteiger partial charge < -0.3 is 5.32 Å². The SMILES string of the molecule is Cc1cc2nn(-c3ccccc3)nc2cc1NC(=O)c1ccccc1C. The second-order valence-electron chi connectivity index (χ2n) is 6.25. The molecule has 1 heterocycles. The van der Waals surface area contributed by atoms with Crippen LogP contribution in [0.1, 0.15) is 21.5 Å². The molecule has 0 saturated carbocycles. The van der Waals surface area contributed by atoms with Gasteiger partial charge in [0.2, 0.25) is 0 Å². The number of amides is 1. The molecule has 0 aliphatic rings. The van der Waals surface area contributed by atoms with Crippen LogP contribution in [0.4, 0.5) is 5.69 Å². The summed E-state index contributed by atoms with van der Waals surface area (Å²) in [5, 5.41) is 12.1. The molecule has 1 amide bonds. The summed E-state index contributed by atoms with van der Waals surface area (Å²) in [6, 6.07) is 21.1. The van der Waals surface area contributed by atoms with E-state index in [-0.39, 0.29) is 5.91 Å². The van der Waals surface area contributed by atoms with E-state index in [4.69, 9.17) is 0 Å². The van der Waals surface area contributed by atoms with E-state index in [0.29, 0.717) is 5.56 Å². The van der Waals surface area contributed by atoms with E-state index in [2.05, 4.69) is 15.5 Å². The maximum atomic E-state index is 12.6. The smallest absolute Gasteiger partial charge is 0.255 e. The summed E-state index contributed by atoms with van der Waals surface area (Å²) in [7, 11) is 0. The number of carbonyl (C=O) groups excluding carboxylic acids is 1. The molecule has 5 nitrogen and oxygen atoms in total. The third kappa shape index (κ3) is 2.95. The zero-order chi connectivity index (χ0) is 18.1. The van der Waals surface area contributed by atoms with Gasteiger partial charge >= 0.3 is 0 Å². The summed E-state index contributed by atoms with van der Waals surface area (Å²) < 4.78 is 0. The van der Waals surface area contributed by atoms with Crippen molar-refractivity contribution in [1.82, 2.24) is 15.0 Å². The maximum Gasteiger partial charge on any atom is 0.255 e. The average molecular weight is 342 g/mol. The summed E-state index contributed by atoms with van der Waals surface area (Å²) in [6.07, 6.45) is 0. The summed E-state index contributed by atoms with van der Waals surface area (Å²) in [6.45, 7) is 3.88. The van der Waals surface area contributed by atoms with Crippen LogP contribution in [-0.4, -0.2) is 20.9 Å². The molecule has 5 heteroatoms. The molecule has 1 aromatic heterocycles. The predicted octanol–water partition coefficient (Wildman–Crippen LogP) is 4.29. The van der Waals surface area contributed by atoms with Crippen LogP contribution in [0.25, 0.3) is 16.7 Å². The number of para-hydroxylation sites is 1. The first-order valence-corrected chi connectivity index (χ1v) is 8.42. The second kappa shape index (κ2) is 6.44. The molecule has 0 unspecified atom stereocenters. The van der Waals surface area contributed by atoms with Gasteiger partial charge in [0.05, 0.1) is 5.69 Å². The van der Waals surface area contributed by atoms with Crippen LogP contribution in [0.15, 0.2) is 66.7 Å². The van der Waals surface area contributed by atoms with Gasteiger partial charge in [0.25, 0.3) is 5.91 Å². The fourth-order valence-corrected chi connectivity index (χ4v) is 2.90. The van der Waals surface area contributed by atoms with Crippen LogP contribution in [0.2, 0.25) is 0 Å². The molecule has 4 rings (SSSR count). The number of hydrogen-bond acceptors (Lipinski definition) is 3. The fraction of sp³-hybridized carbons (Fsp3) is 0.0952. The summed E-state index contributed by atoms with van der Waals surface area (Å²) in [5.41, 5.74) is 5.72. The van der Waals surface area contributed by atoms with Gasteiger partial charge in [-0.2, -0.15) is 4.80 Å². The lowest BCUT2D eigenvalue weighted by Gasteiger charge is -2.09. The van der Waals surface area contributed by atoms with Gasteiger partial charge in [0, 0.05) is 11.3 Å². The number of fused-ring (bicyclic) bond motifs is 1. The van der Waals surface area contributed by atoms with Crippen molar-refractivity contribution in [2.45, 2.75) is 13.8 Å². The van der Waals surface area contributed by atoms with Crippen molar-refractivity contribution in [3.05, 3.63) is 83.4 Å². The fourth-order valence-electron chi connectivity index (χ4n) is 2.90. The Labute approximate surface area is 151 Å². The zero-order valence-electron chi connectivity index (χ0n) is 14.6. The van der Waals surface area contributed by atoms with Crippen LogP contribution in [-0.2, 0) is 0 Å². The molecule has 0 saturated heterocycles. The van der Waals surface area contributed by atoms with Crippen LogP contribution in [0, 0.1) is 13.8 Å². The van der Waals surface area contributed by atoms with E-state index in [0.717, 1.165) is 33.5 Å². The molecule has 0 aliphatic heterocycles. The van der Waals surface area contributed by atoms with Gasteiger partial charge in [-0.15, -0.1) is 10.2 Å². The van der Waals surface area contributed by atoms with Crippen LogP contribution >= 0.6 is 0 Å². The lowest BCUT2D eigenvalue weighted by Crippen LogP contribution is -2.14. The number of benzene rings is 3. The van der Waals surface area contributed by atoms with Gasteiger partial charge in [-0.3, -0.25) is 4.79 Å². The highest BCUT2D eigenvalue weighted by atomic mass is 16.1. The number of nitrogens with zero attached hydrogens (tertiary/aromatic N) is 3. The minimum Gasteiger partial charge on any atom is -0.322 e. The average Bonchev–Trinajstić information content (AvgIpc) is 3.06. The quantitative estimate of drug-likeness (QED) is 0.604. The molecule has 1 N–H and O–H groups in total. The first-order valence-electron chi connectivity index (χ1n) is 8.42. The van der Waals surface area contributed by atoms with Crippen molar-refractivity contribution < 1.29 is 4.79 Å². The molecule has 0 bridgehead atoms. The molecule has 0 spiro atoms. The lowest BCUT2D eigenvalue weighted by atomic mass is 10.1. The molecule has 0 radical (unpaired) electrons. The van der Waals surface area contributed by atoms with E-state index in [1.165, 1.54) is 0 Å². The molecule has 0 fully saturated rings. The number of carbonyl (C=O) groups is 1. The van der Waals surface area contributed by atoms with E-state index >= 15 is 0 Å². The van der Waals surface area contributed by atoms with Gasteiger partial charge in [-0.25, -0.2) is 0 Å². The van der Waals surface area contributed by atoms with Gasteiger partial charge in [0.1, 0.15) is 11.0 Å². The van der Waals surface area contributed by atoms with Crippen molar-refractivity contribution in [3.8, 4) is 5.69 Å². The summed E-state index contributed by atoms with van der Waals surface area (Å²) in [5.74, 6) is -0.124. The molecule has 128 valence electrons. The summed E-state index contributed by atoms with van der Waals surface area (Å²) >= 11 is 0. The molecular weight excluding hydrogens is 324 g/mol. The molecule has 0 atom stereocenters. The second-order valence-corrected chi connectivity index (χ2v) is 6.25. The maximum absolute atomic E-state index is 12.6. The number of hydrogen-bond donors (Lipinski definition) is 1. The van der Waals surface area contributed by atoms with Crippen molar-refractivity contribution in [2.75, 3.05) is 5.32 Å². The van der Waals surface area contributed by atoms with Crippen molar-refractivity contribution in [1.29, 1.82) is 0 Å². The highest BCUT2D eigenvalue weighted by Gasteiger charge is 2.13. The Kier molecular flexibility index (Phi) is 3.97. The predicted molar refractivity (Wildman–Crippen MR) is 103 cm³/mol. The third-order valence-electron chi connectivity index (χ3n) is 4.35. The number of aryl methyl sites for hydroxylation is 2. The monoisotopic (exact) mass is 342 g/mol.